The Labute approximate surface area is 92.9 Å². The summed E-state index contributed by atoms with van der Waals surface area (Å²) in [5, 5.41) is 9.65. The Kier molecular flexibility index (Phi) is 3.39. The van der Waals surface area contributed by atoms with E-state index in [1.54, 1.807) is 0 Å². The first-order valence-corrected chi connectivity index (χ1v) is 5.46. The minimum Gasteiger partial charge on any atom is -0.485 e. The van der Waals surface area contributed by atoms with Gasteiger partial charge in [0.25, 0.3) is 0 Å². The lowest BCUT2D eigenvalue weighted by Crippen LogP contribution is -2.34. The van der Waals surface area contributed by atoms with Gasteiger partial charge in [-0.3, -0.25) is 0 Å². The van der Waals surface area contributed by atoms with Crippen molar-refractivity contribution in [3.63, 3.8) is 0 Å². The summed E-state index contributed by atoms with van der Waals surface area (Å²) < 4.78 is 31.3. The largest absolute Gasteiger partial charge is 0.485 e. The number of ether oxygens (including phenoxy) is 1. The highest BCUT2D eigenvalue weighted by Gasteiger charge is 2.25. The maximum absolute atomic E-state index is 13.3. The van der Waals surface area contributed by atoms with Crippen molar-refractivity contribution in [1.29, 1.82) is 0 Å². The molecule has 1 N–H and O–H groups in total. The van der Waals surface area contributed by atoms with E-state index in [4.69, 9.17) is 4.74 Å². The van der Waals surface area contributed by atoms with Crippen LogP contribution in [0.15, 0.2) is 18.2 Å². The van der Waals surface area contributed by atoms with E-state index in [9.17, 15) is 13.9 Å². The summed E-state index contributed by atoms with van der Waals surface area (Å²) in [4.78, 5) is 0. The predicted molar refractivity (Wildman–Crippen MR) is 55.2 cm³/mol. The first-order valence-electron chi connectivity index (χ1n) is 5.46. The molecule has 88 valence electrons. The van der Waals surface area contributed by atoms with Crippen LogP contribution < -0.4 is 4.74 Å². The van der Waals surface area contributed by atoms with E-state index in [-0.39, 0.29) is 11.9 Å². The van der Waals surface area contributed by atoms with Gasteiger partial charge in [-0.15, -0.1) is 0 Å². The average Bonchev–Trinajstić information content (AvgIpc) is 2.25. The maximum atomic E-state index is 13.3. The summed E-state index contributed by atoms with van der Waals surface area (Å²) >= 11 is 0. The number of benzene rings is 1. The third kappa shape index (κ3) is 2.50. The van der Waals surface area contributed by atoms with Gasteiger partial charge < -0.3 is 9.84 Å². The topological polar surface area (TPSA) is 29.5 Å². The van der Waals surface area contributed by atoms with E-state index in [0.29, 0.717) is 12.8 Å². The summed E-state index contributed by atoms with van der Waals surface area (Å²) in [5.41, 5.74) is 0. The van der Waals surface area contributed by atoms with Gasteiger partial charge in [-0.05, 0) is 31.4 Å². The van der Waals surface area contributed by atoms with E-state index in [2.05, 4.69) is 0 Å². The van der Waals surface area contributed by atoms with Gasteiger partial charge in [0, 0.05) is 6.07 Å². The normalized spacial score (nSPS) is 25.4. The summed E-state index contributed by atoms with van der Waals surface area (Å²) in [7, 11) is 0. The van der Waals surface area contributed by atoms with E-state index < -0.39 is 17.7 Å². The molecule has 1 saturated carbocycles. The first-order chi connectivity index (χ1) is 7.66. The average molecular weight is 228 g/mol. The Morgan fingerprint density at radius 1 is 1.19 bits per heavy atom. The van der Waals surface area contributed by atoms with Crippen molar-refractivity contribution in [3.8, 4) is 5.75 Å². The molecule has 0 spiro atoms. The molecule has 2 nitrogen and oxygen atoms in total. The molecule has 1 aliphatic carbocycles. The number of rotatable bonds is 2. The first kappa shape index (κ1) is 11.3. The molecule has 1 aromatic carbocycles. The third-order valence-electron chi connectivity index (χ3n) is 2.84. The van der Waals surface area contributed by atoms with Crippen molar-refractivity contribution in [1.82, 2.24) is 0 Å². The molecule has 0 heterocycles. The Balaban J connectivity index is 2.07. The smallest absolute Gasteiger partial charge is 0.167 e. The maximum Gasteiger partial charge on any atom is 0.167 e. The molecule has 1 aromatic rings. The van der Waals surface area contributed by atoms with Crippen LogP contribution in [-0.2, 0) is 0 Å². The highest BCUT2D eigenvalue weighted by Crippen LogP contribution is 2.25. The summed E-state index contributed by atoms with van der Waals surface area (Å²) in [6, 6.07) is 3.18. The van der Waals surface area contributed by atoms with Crippen LogP contribution in [-0.4, -0.2) is 17.3 Å². The van der Waals surface area contributed by atoms with Gasteiger partial charge in [0.1, 0.15) is 11.9 Å². The number of halogens is 2. The zero-order valence-corrected chi connectivity index (χ0v) is 8.83. The number of hydrogen-bond donors (Lipinski definition) is 1. The van der Waals surface area contributed by atoms with E-state index in [1.165, 1.54) is 6.07 Å². The lowest BCUT2D eigenvalue weighted by molar-refractivity contribution is 0.00494. The minimum absolute atomic E-state index is 0.00681. The van der Waals surface area contributed by atoms with Gasteiger partial charge >= 0.3 is 0 Å². The molecule has 4 heteroatoms. The van der Waals surface area contributed by atoms with Crippen molar-refractivity contribution in [2.24, 2.45) is 0 Å². The van der Waals surface area contributed by atoms with Gasteiger partial charge in [0.2, 0.25) is 0 Å². The fraction of sp³-hybridized carbons (Fsp3) is 0.500. The molecule has 0 aliphatic heterocycles. The van der Waals surface area contributed by atoms with Crippen LogP contribution in [0.4, 0.5) is 8.78 Å². The fourth-order valence-electron chi connectivity index (χ4n) is 1.95. The molecule has 1 fully saturated rings. The van der Waals surface area contributed by atoms with Gasteiger partial charge in [0.05, 0.1) is 6.10 Å². The Morgan fingerprint density at radius 2 is 1.94 bits per heavy atom. The Bertz CT molecular complexity index is 368. The van der Waals surface area contributed by atoms with Crippen LogP contribution in [0.3, 0.4) is 0 Å². The van der Waals surface area contributed by atoms with Crippen molar-refractivity contribution in [3.05, 3.63) is 29.8 Å². The van der Waals surface area contributed by atoms with E-state index in [1.807, 2.05) is 0 Å². The monoisotopic (exact) mass is 228 g/mol. The number of aliphatic hydroxyl groups is 1. The Hall–Kier alpha value is -1.16. The SMILES string of the molecule is O[C@H]1CCCC[C@H]1Oc1ccc(F)cc1F. The standard InChI is InChI=1S/C12H14F2O2/c13-8-5-6-11(9(14)7-8)16-12-4-2-1-3-10(12)15/h5-7,10,12,15H,1-4H2/t10-,12+/m0/s1. The molecule has 0 saturated heterocycles. The zero-order chi connectivity index (χ0) is 11.5. The molecule has 2 atom stereocenters. The molecule has 1 aliphatic rings. The Morgan fingerprint density at radius 3 is 2.62 bits per heavy atom. The molecule has 0 unspecified atom stereocenters. The van der Waals surface area contributed by atoms with Crippen LogP contribution in [0.25, 0.3) is 0 Å². The number of hydrogen-bond acceptors (Lipinski definition) is 2. The molecule has 0 amide bonds. The van der Waals surface area contributed by atoms with Crippen LogP contribution in [0.1, 0.15) is 25.7 Å². The second kappa shape index (κ2) is 4.78. The molecular weight excluding hydrogens is 214 g/mol. The summed E-state index contributed by atoms with van der Waals surface area (Å²) in [6.45, 7) is 0. The van der Waals surface area contributed by atoms with Crippen LogP contribution in [0.5, 0.6) is 5.75 Å². The molecular formula is C12H14F2O2. The van der Waals surface area contributed by atoms with Gasteiger partial charge in [-0.1, -0.05) is 6.42 Å². The van der Waals surface area contributed by atoms with Crippen LogP contribution in [0, 0.1) is 11.6 Å². The predicted octanol–water partition coefficient (Wildman–Crippen LogP) is 2.65. The van der Waals surface area contributed by atoms with Gasteiger partial charge in [-0.25, -0.2) is 8.78 Å². The lowest BCUT2D eigenvalue weighted by Gasteiger charge is -2.28. The second-order valence-electron chi connectivity index (χ2n) is 4.08. The van der Waals surface area contributed by atoms with Crippen molar-refractivity contribution < 1.29 is 18.6 Å². The van der Waals surface area contributed by atoms with Crippen molar-refractivity contribution >= 4 is 0 Å². The molecule has 0 radical (unpaired) electrons. The highest BCUT2D eigenvalue weighted by atomic mass is 19.1. The van der Waals surface area contributed by atoms with Crippen molar-refractivity contribution in [2.75, 3.05) is 0 Å². The highest BCUT2D eigenvalue weighted by molar-refractivity contribution is 5.25. The van der Waals surface area contributed by atoms with E-state index >= 15 is 0 Å². The summed E-state index contributed by atoms with van der Waals surface area (Å²) in [6.07, 6.45) is 2.37. The fourth-order valence-corrected chi connectivity index (χ4v) is 1.95. The third-order valence-corrected chi connectivity index (χ3v) is 2.84. The molecule has 2 rings (SSSR count). The second-order valence-corrected chi connectivity index (χ2v) is 4.08. The molecule has 0 aromatic heterocycles. The molecule has 16 heavy (non-hydrogen) atoms. The zero-order valence-electron chi connectivity index (χ0n) is 8.83. The minimum atomic E-state index is -0.724. The summed E-state index contributed by atoms with van der Waals surface area (Å²) in [5.74, 6) is -1.35. The van der Waals surface area contributed by atoms with E-state index in [0.717, 1.165) is 25.0 Å². The lowest BCUT2D eigenvalue weighted by atomic mass is 9.95. The van der Waals surface area contributed by atoms with Crippen molar-refractivity contribution in [2.45, 2.75) is 37.9 Å². The quantitative estimate of drug-likeness (QED) is 0.843. The molecule has 0 bridgehead atoms. The van der Waals surface area contributed by atoms with Crippen LogP contribution in [0.2, 0.25) is 0 Å². The van der Waals surface area contributed by atoms with Gasteiger partial charge in [-0.2, -0.15) is 0 Å². The number of aliphatic hydroxyl groups excluding tert-OH is 1. The van der Waals surface area contributed by atoms with Crippen LogP contribution >= 0.6 is 0 Å². The van der Waals surface area contributed by atoms with Gasteiger partial charge in [0.15, 0.2) is 11.6 Å².